The highest BCUT2D eigenvalue weighted by Crippen LogP contribution is 2.53. The third-order valence-electron chi connectivity index (χ3n) is 12.0. The fourth-order valence-electron chi connectivity index (χ4n) is 8.83. The highest BCUT2D eigenvalue weighted by molar-refractivity contribution is 6.31. The highest BCUT2D eigenvalue weighted by Gasteiger charge is 2.50. The zero-order valence-electron chi connectivity index (χ0n) is 32.3. The molecule has 1 fully saturated rings. The number of phenols is 2. The SMILES string of the molecule is COc1cccc2c1C(=O)c1c(O)c3c(c(O)c1C2=O)C[C@@](O)(C(=O)CO)C[C@@H]3C[C@H]1C[C@H](NC(=O)O[C@H]2/C=C/CC[C@@](C)(C(=O)NCC(=O)O)CC2)[C@H](O)[C@H](C)O1. The molecule has 0 bridgehead atoms. The molecule has 1 aliphatic heterocycles. The van der Waals surface area contributed by atoms with Crippen molar-refractivity contribution in [2.45, 2.75) is 107 Å². The molecular weight excluding hydrogens is 760 g/mol. The van der Waals surface area contributed by atoms with Crippen LogP contribution in [0.25, 0.3) is 0 Å². The first-order valence-electron chi connectivity index (χ1n) is 19.1. The molecule has 4 aliphatic rings. The van der Waals surface area contributed by atoms with Gasteiger partial charge >= 0.3 is 12.1 Å². The van der Waals surface area contributed by atoms with Gasteiger partial charge in [0.25, 0.3) is 0 Å². The van der Waals surface area contributed by atoms with Gasteiger partial charge in [-0.1, -0.05) is 25.1 Å². The molecule has 17 nitrogen and oxygen atoms in total. The maximum atomic E-state index is 14.0. The summed E-state index contributed by atoms with van der Waals surface area (Å²) in [6.07, 6.45) is -0.674. The number of ketones is 3. The molecular formula is C41H48N2O15. The number of methoxy groups -OCH3 is 1. The van der Waals surface area contributed by atoms with Gasteiger partial charge in [0.1, 0.15) is 48.2 Å². The number of carboxylic acids is 1. The number of rotatable bonds is 10. The number of hydrogen-bond acceptors (Lipinski definition) is 14. The van der Waals surface area contributed by atoms with Gasteiger partial charge in [0.05, 0.1) is 42.0 Å². The number of benzene rings is 2. The number of carboxylic acid groups (broad SMARTS) is 1. The Bertz CT molecular complexity index is 2060. The van der Waals surface area contributed by atoms with E-state index in [0.29, 0.717) is 19.3 Å². The molecule has 1 saturated heterocycles. The van der Waals surface area contributed by atoms with Crippen LogP contribution in [-0.2, 0) is 30.3 Å². The second kappa shape index (κ2) is 16.5. The van der Waals surface area contributed by atoms with Crippen LogP contribution in [0.2, 0.25) is 0 Å². The van der Waals surface area contributed by atoms with E-state index in [-0.39, 0.29) is 53.7 Å². The minimum absolute atomic E-state index is 0.00262. The largest absolute Gasteiger partial charge is 0.507 e. The van der Waals surface area contributed by atoms with Crippen LogP contribution in [-0.4, -0.2) is 122 Å². The number of ether oxygens (including phenoxy) is 3. The van der Waals surface area contributed by atoms with E-state index >= 15 is 0 Å². The van der Waals surface area contributed by atoms with Gasteiger partial charge in [-0.05, 0) is 69.9 Å². The van der Waals surface area contributed by atoms with E-state index < -0.39 is 125 Å². The van der Waals surface area contributed by atoms with Crippen LogP contribution >= 0.6 is 0 Å². The molecule has 3 aliphatic carbocycles. The number of carbonyl (C=O) groups is 6. The first kappa shape index (κ1) is 42.3. The molecule has 1 heterocycles. The lowest BCUT2D eigenvalue weighted by atomic mass is 9.67. The second-order valence-electron chi connectivity index (χ2n) is 15.8. The van der Waals surface area contributed by atoms with Crippen molar-refractivity contribution in [1.82, 2.24) is 10.6 Å². The number of aromatic hydroxyl groups is 2. The molecule has 0 unspecified atom stereocenters. The Morgan fingerprint density at radius 1 is 1.03 bits per heavy atom. The minimum Gasteiger partial charge on any atom is -0.507 e. The Balaban J connectivity index is 1.24. The van der Waals surface area contributed by atoms with E-state index in [0.717, 1.165) is 0 Å². The summed E-state index contributed by atoms with van der Waals surface area (Å²) in [7, 11) is 1.31. The number of aliphatic carboxylic acids is 1. The van der Waals surface area contributed by atoms with Crippen molar-refractivity contribution in [3.05, 3.63) is 63.7 Å². The topological polar surface area (TPSA) is 276 Å². The number of allylic oxidation sites excluding steroid dienone is 1. The molecule has 0 aromatic heterocycles. The van der Waals surface area contributed by atoms with Gasteiger partial charge in [0, 0.05) is 28.5 Å². The Kier molecular flexibility index (Phi) is 12.0. The van der Waals surface area contributed by atoms with E-state index in [1.807, 2.05) is 0 Å². The molecule has 58 heavy (non-hydrogen) atoms. The molecule has 0 spiro atoms. The maximum Gasteiger partial charge on any atom is 0.408 e. The summed E-state index contributed by atoms with van der Waals surface area (Å²) in [5.74, 6) is -6.44. The molecule has 8 atom stereocenters. The van der Waals surface area contributed by atoms with Crippen molar-refractivity contribution in [1.29, 1.82) is 0 Å². The van der Waals surface area contributed by atoms with E-state index in [1.165, 1.54) is 25.3 Å². The summed E-state index contributed by atoms with van der Waals surface area (Å²) in [6, 6.07) is 3.39. The summed E-state index contributed by atoms with van der Waals surface area (Å²) in [5, 5.41) is 70.2. The van der Waals surface area contributed by atoms with Gasteiger partial charge < -0.3 is 55.5 Å². The quantitative estimate of drug-likeness (QED) is 0.107. The lowest BCUT2D eigenvalue weighted by molar-refractivity contribution is -0.144. The van der Waals surface area contributed by atoms with Crippen molar-refractivity contribution < 1.29 is 73.6 Å². The number of alkyl carbamates (subject to hydrolysis) is 1. The predicted octanol–water partition coefficient (Wildman–Crippen LogP) is 1.93. The number of nitrogens with one attached hydrogen (secondary N) is 2. The lowest BCUT2D eigenvalue weighted by Gasteiger charge is -2.43. The van der Waals surface area contributed by atoms with Crippen LogP contribution in [0.5, 0.6) is 17.2 Å². The molecule has 2 amide bonds. The van der Waals surface area contributed by atoms with Gasteiger partial charge in [-0.25, -0.2) is 4.79 Å². The number of hydrogen-bond donors (Lipinski definition) is 8. The molecule has 0 saturated carbocycles. The average molecular weight is 809 g/mol. The third-order valence-corrected chi connectivity index (χ3v) is 12.0. The zero-order chi connectivity index (χ0) is 42.3. The third kappa shape index (κ3) is 7.90. The van der Waals surface area contributed by atoms with Crippen molar-refractivity contribution >= 4 is 35.3 Å². The van der Waals surface area contributed by atoms with Crippen LogP contribution < -0.4 is 15.4 Å². The molecule has 2 aromatic rings. The predicted molar refractivity (Wildman–Crippen MR) is 201 cm³/mol. The molecule has 6 rings (SSSR count). The summed E-state index contributed by atoms with van der Waals surface area (Å²) < 4.78 is 17.1. The molecule has 0 radical (unpaired) electrons. The molecule has 17 heteroatoms. The van der Waals surface area contributed by atoms with E-state index in [9.17, 15) is 54.3 Å². The second-order valence-corrected chi connectivity index (χ2v) is 15.8. The maximum absolute atomic E-state index is 14.0. The number of carbonyl (C=O) groups excluding carboxylic acids is 5. The van der Waals surface area contributed by atoms with Gasteiger partial charge in [-0.2, -0.15) is 0 Å². The van der Waals surface area contributed by atoms with Crippen LogP contribution in [0.4, 0.5) is 4.79 Å². The van der Waals surface area contributed by atoms with Crippen molar-refractivity contribution in [2.24, 2.45) is 5.41 Å². The number of Topliss-reactive ketones (excluding diaryl/α,β-unsaturated/α-hetero) is 1. The van der Waals surface area contributed by atoms with Crippen molar-refractivity contribution in [2.75, 3.05) is 20.3 Å². The molecule has 8 N–H and O–H groups in total. The monoisotopic (exact) mass is 808 g/mol. The fourth-order valence-corrected chi connectivity index (χ4v) is 8.83. The van der Waals surface area contributed by atoms with Gasteiger partial charge in [-0.3, -0.25) is 24.0 Å². The standard InChI is InChI=1S/C41H48N2O15/c1-19-33(48)25(43-39(54)58-21-7-4-5-11-40(2,12-10-21)38(53)42-17-28(46)47)14-22(57-19)13-20-15-41(55,27(45)18-44)16-24-29(20)36(51)32-31(35(24)50)34(49)23-8-6-9-26(56-3)30(23)37(32)52/h4,6-9,19-22,25,33,44,48,50-51,55H,5,10-18H2,1-3H3,(H,42,53)(H,43,54)(H,46,47)/b7-4+/t19-,20-,21-,22-,25-,33+,40+,41+/m0/s1. The minimum atomic E-state index is -2.26. The van der Waals surface area contributed by atoms with Gasteiger partial charge in [-0.15, -0.1) is 0 Å². The molecule has 312 valence electrons. The number of aliphatic hydroxyl groups excluding tert-OH is 2. The highest BCUT2D eigenvalue weighted by atomic mass is 16.6. The number of phenolic OH excluding ortho intramolecular Hbond substituents is 2. The Labute approximate surface area is 333 Å². The van der Waals surface area contributed by atoms with Crippen LogP contribution in [0.15, 0.2) is 30.4 Å². The van der Waals surface area contributed by atoms with Crippen LogP contribution in [0.1, 0.15) is 108 Å². The van der Waals surface area contributed by atoms with E-state index in [4.69, 9.17) is 19.3 Å². The Morgan fingerprint density at radius 2 is 1.76 bits per heavy atom. The summed E-state index contributed by atoms with van der Waals surface area (Å²) in [4.78, 5) is 77.9. The number of amides is 2. The van der Waals surface area contributed by atoms with Crippen molar-refractivity contribution in [3.63, 3.8) is 0 Å². The first-order valence-corrected chi connectivity index (χ1v) is 19.1. The van der Waals surface area contributed by atoms with Gasteiger partial charge in [0.15, 0.2) is 11.6 Å². The van der Waals surface area contributed by atoms with E-state index in [1.54, 1.807) is 26.0 Å². The van der Waals surface area contributed by atoms with Crippen LogP contribution in [0.3, 0.4) is 0 Å². The Hall–Kier alpha value is -5.36. The summed E-state index contributed by atoms with van der Waals surface area (Å²) in [6.45, 7) is 1.71. The van der Waals surface area contributed by atoms with E-state index in [2.05, 4.69) is 10.6 Å². The lowest BCUT2D eigenvalue weighted by Crippen LogP contribution is -2.55. The Morgan fingerprint density at radius 3 is 2.45 bits per heavy atom. The normalized spacial score (nSPS) is 29.7. The number of fused-ring (bicyclic) bond motifs is 3. The smallest absolute Gasteiger partial charge is 0.408 e. The summed E-state index contributed by atoms with van der Waals surface area (Å²) >= 11 is 0. The zero-order valence-corrected chi connectivity index (χ0v) is 32.3. The molecule has 2 aromatic carbocycles. The van der Waals surface area contributed by atoms with Gasteiger partial charge in [0.2, 0.25) is 11.7 Å². The first-order chi connectivity index (χ1) is 27.4. The fraction of sp³-hybridized carbons (Fsp3) is 0.512. The average Bonchev–Trinajstić information content (AvgIpc) is 3.18. The van der Waals surface area contributed by atoms with Crippen LogP contribution in [0, 0.1) is 5.41 Å². The summed E-state index contributed by atoms with van der Waals surface area (Å²) in [5.41, 5.74) is -4.49. The number of aliphatic hydroxyl groups is 3. The van der Waals surface area contributed by atoms with Crippen molar-refractivity contribution in [3.8, 4) is 17.2 Å².